The van der Waals surface area contributed by atoms with Crippen molar-refractivity contribution >= 4 is 5.69 Å². The molecule has 0 aliphatic rings. The van der Waals surface area contributed by atoms with Gasteiger partial charge in [0, 0.05) is 17.7 Å². The molecule has 0 aliphatic carbocycles. The molecule has 0 spiro atoms. The summed E-state index contributed by atoms with van der Waals surface area (Å²) in [4.78, 5) is 10.6. The van der Waals surface area contributed by atoms with Gasteiger partial charge in [0.1, 0.15) is 24.4 Å². The summed E-state index contributed by atoms with van der Waals surface area (Å²) in [5, 5.41) is 22.0. The molecule has 1 aromatic heterocycles. The Hall–Kier alpha value is -3.49. The summed E-state index contributed by atoms with van der Waals surface area (Å²) in [5.41, 5.74) is 1.40. The van der Waals surface area contributed by atoms with Gasteiger partial charge in [0.15, 0.2) is 0 Å². The number of ether oxygens (including phenoxy) is 2. The molecule has 0 saturated carbocycles. The molecule has 3 rings (SSSR count). The van der Waals surface area contributed by atoms with Crippen LogP contribution in [-0.2, 0) is 6.61 Å². The van der Waals surface area contributed by atoms with E-state index in [1.165, 1.54) is 23.1 Å². The maximum Gasteiger partial charge on any atom is 0.270 e. The summed E-state index contributed by atoms with van der Waals surface area (Å²) >= 11 is 0. The predicted molar refractivity (Wildman–Crippen MR) is 92.3 cm³/mol. The van der Waals surface area contributed by atoms with Crippen LogP contribution < -0.4 is 9.47 Å². The maximum absolute atomic E-state index is 11.0. The number of rotatable bonds is 7. The molecule has 0 aliphatic heterocycles. The van der Waals surface area contributed by atoms with Crippen molar-refractivity contribution in [1.29, 1.82) is 0 Å². The van der Waals surface area contributed by atoms with Gasteiger partial charge in [0.25, 0.3) is 5.69 Å². The Bertz CT molecular complexity index is 879. The van der Waals surface area contributed by atoms with Crippen molar-refractivity contribution in [3.8, 4) is 17.2 Å². The second-order valence-electron chi connectivity index (χ2n) is 5.75. The van der Waals surface area contributed by atoms with Crippen molar-refractivity contribution in [2.45, 2.75) is 26.6 Å². The SMILES string of the molecule is CC(C)Oc1ccc([N+](=O)[O-])cc1COc1ccc(-n2cnnn2)cc1. The smallest absolute Gasteiger partial charge is 0.270 e. The number of aromatic nitrogens is 4. The second-order valence-corrected chi connectivity index (χ2v) is 5.75. The standard InChI is InChI=1S/C17H17N5O4/c1-12(2)26-17-8-5-15(22(23)24)9-13(17)10-25-16-6-3-14(4-7-16)21-11-18-19-20-21/h3-9,11-12H,10H2,1-2H3. The number of hydrogen-bond donors (Lipinski definition) is 0. The lowest BCUT2D eigenvalue weighted by Crippen LogP contribution is -2.09. The van der Waals surface area contributed by atoms with E-state index < -0.39 is 4.92 Å². The quantitative estimate of drug-likeness (QED) is 0.474. The first-order valence-electron chi connectivity index (χ1n) is 7.93. The lowest BCUT2D eigenvalue weighted by atomic mass is 10.2. The summed E-state index contributed by atoms with van der Waals surface area (Å²) in [5.74, 6) is 1.18. The Morgan fingerprint density at radius 3 is 2.58 bits per heavy atom. The van der Waals surface area contributed by atoms with Gasteiger partial charge in [-0.05, 0) is 54.6 Å². The zero-order valence-electron chi connectivity index (χ0n) is 14.3. The highest BCUT2D eigenvalue weighted by molar-refractivity contribution is 5.44. The van der Waals surface area contributed by atoms with Gasteiger partial charge >= 0.3 is 0 Å². The van der Waals surface area contributed by atoms with Crippen LogP contribution >= 0.6 is 0 Å². The zero-order chi connectivity index (χ0) is 18.5. The number of nitro groups is 1. The minimum atomic E-state index is -0.441. The van der Waals surface area contributed by atoms with E-state index in [2.05, 4.69) is 15.5 Å². The normalized spacial score (nSPS) is 10.7. The van der Waals surface area contributed by atoms with Gasteiger partial charge < -0.3 is 9.47 Å². The van der Waals surface area contributed by atoms with Crippen molar-refractivity contribution in [2.75, 3.05) is 0 Å². The molecule has 1 heterocycles. The highest BCUT2D eigenvalue weighted by atomic mass is 16.6. The molecule has 26 heavy (non-hydrogen) atoms. The Kier molecular flexibility index (Phi) is 5.07. The summed E-state index contributed by atoms with van der Waals surface area (Å²) in [6.07, 6.45) is 1.44. The monoisotopic (exact) mass is 355 g/mol. The van der Waals surface area contributed by atoms with Crippen molar-refractivity contribution in [3.63, 3.8) is 0 Å². The molecule has 0 radical (unpaired) electrons. The average molecular weight is 355 g/mol. The first-order chi connectivity index (χ1) is 12.5. The summed E-state index contributed by atoms with van der Waals surface area (Å²) < 4.78 is 13.0. The molecule has 0 fully saturated rings. The first kappa shape index (κ1) is 17.3. The van der Waals surface area contributed by atoms with Crippen LogP contribution in [0.4, 0.5) is 5.69 Å². The van der Waals surface area contributed by atoms with Gasteiger partial charge in [-0.1, -0.05) is 0 Å². The van der Waals surface area contributed by atoms with Crippen LogP contribution in [0.5, 0.6) is 11.5 Å². The van der Waals surface area contributed by atoms with E-state index in [1.54, 1.807) is 18.2 Å². The van der Waals surface area contributed by atoms with E-state index >= 15 is 0 Å². The van der Waals surface area contributed by atoms with Gasteiger partial charge in [-0.25, -0.2) is 4.68 Å². The van der Waals surface area contributed by atoms with Crippen LogP contribution in [0.1, 0.15) is 19.4 Å². The highest BCUT2D eigenvalue weighted by Gasteiger charge is 2.13. The van der Waals surface area contributed by atoms with Gasteiger partial charge in [-0.15, -0.1) is 5.10 Å². The third kappa shape index (κ3) is 4.12. The molecule has 2 aromatic carbocycles. The molecule has 134 valence electrons. The van der Waals surface area contributed by atoms with Crippen LogP contribution in [0.25, 0.3) is 5.69 Å². The summed E-state index contributed by atoms with van der Waals surface area (Å²) in [6, 6.07) is 11.6. The number of benzene rings is 2. The van der Waals surface area contributed by atoms with Crippen LogP contribution in [-0.4, -0.2) is 31.2 Å². The third-order valence-electron chi connectivity index (χ3n) is 3.46. The fourth-order valence-corrected chi connectivity index (χ4v) is 2.30. The lowest BCUT2D eigenvalue weighted by Gasteiger charge is -2.15. The van der Waals surface area contributed by atoms with Crippen molar-refractivity contribution in [3.05, 3.63) is 64.5 Å². The number of nitro benzene ring substituents is 1. The van der Waals surface area contributed by atoms with Gasteiger partial charge in [0.2, 0.25) is 0 Å². The van der Waals surface area contributed by atoms with E-state index in [0.29, 0.717) is 17.1 Å². The highest BCUT2D eigenvalue weighted by Crippen LogP contribution is 2.27. The molecular formula is C17H17N5O4. The van der Waals surface area contributed by atoms with Crippen molar-refractivity contribution in [2.24, 2.45) is 0 Å². The molecule has 0 saturated heterocycles. The molecule has 0 N–H and O–H groups in total. The molecule has 0 bridgehead atoms. The van der Waals surface area contributed by atoms with Crippen molar-refractivity contribution in [1.82, 2.24) is 20.2 Å². The van der Waals surface area contributed by atoms with Gasteiger partial charge in [0.05, 0.1) is 16.7 Å². The molecular weight excluding hydrogens is 338 g/mol. The number of hydrogen-bond acceptors (Lipinski definition) is 7. The molecule has 0 unspecified atom stereocenters. The predicted octanol–water partition coefficient (Wildman–Crippen LogP) is 2.94. The Morgan fingerprint density at radius 1 is 1.19 bits per heavy atom. The number of nitrogens with zero attached hydrogens (tertiary/aromatic N) is 5. The van der Waals surface area contributed by atoms with Crippen LogP contribution in [0.2, 0.25) is 0 Å². The maximum atomic E-state index is 11.0. The minimum absolute atomic E-state index is 0.00580. The van der Waals surface area contributed by atoms with E-state index in [9.17, 15) is 10.1 Å². The summed E-state index contributed by atoms with van der Waals surface area (Å²) in [6.45, 7) is 3.93. The van der Waals surface area contributed by atoms with Crippen LogP contribution in [0, 0.1) is 10.1 Å². The zero-order valence-corrected chi connectivity index (χ0v) is 14.3. The summed E-state index contributed by atoms with van der Waals surface area (Å²) in [7, 11) is 0. The van der Waals surface area contributed by atoms with Crippen LogP contribution in [0.15, 0.2) is 48.8 Å². The largest absolute Gasteiger partial charge is 0.491 e. The molecule has 3 aromatic rings. The molecule has 9 heteroatoms. The van der Waals surface area contributed by atoms with E-state index in [-0.39, 0.29) is 18.4 Å². The lowest BCUT2D eigenvalue weighted by molar-refractivity contribution is -0.385. The van der Waals surface area contributed by atoms with E-state index in [0.717, 1.165) is 5.69 Å². The first-order valence-corrected chi connectivity index (χ1v) is 7.93. The van der Waals surface area contributed by atoms with Gasteiger partial charge in [-0.3, -0.25) is 10.1 Å². The minimum Gasteiger partial charge on any atom is -0.491 e. The topological polar surface area (TPSA) is 105 Å². The molecule has 0 atom stereocenters. The Labute approximate surface area is 149 Å². The van der Waals surface area contributed by atoms with E-state index in [4.69, 9.17) is 9.47 Å². The Morgan fingerprint density at radius 2 is 1.96 bits per heavy atom. The Balaban J connectivity index is 1.75. The third-order valence-corrected chi connectivity index (χ3v) is 3.46. The molecule has 9 nitrogen and oxygen atoms in total. The van der Waals surface area contributed by atoms with Crippen LogP contribution in [0.3, 0.4) is 0 Å². The van der Waals surface area contributed by atoms with Gasteiger partial charge in [-0.2, -0.15) is 0 Å². The van der Waals surface area contributed by atoms with Crippen molar-refractivity contribution < 1.29 is 14.4 Å². The fraction of sp³-hybridized carbons (Fsp3) is 0.235. The number of tetrazole rings is 1. The second kappa shape index (κ2) is 7.60. The number of non-ortho nitro benzene ring substituents is 1. The fourth-order valence-electron chi connectivity index (χ4n) is 2.30. The van der Waals surface area contributed by atoms with E-state index in [1.807, 2.05) is 26.0 Å². The molecule has 0 amide bonds. The average Bonchev–Trinajstić information content (AvgIpc) is 3.15.